The van der Waals surface area contributed by atoms with Crippen LogP contribution in [0.3, 0.4) is 0 Å². The van der Waals surface area contributed by atoms with Crippen molar-refractivity contribution < 1.29 is 4.52 Å². The molecule has 0 aliphatic heterocycles. The first-order chi connectivity index (χ1) is 7.11. The van der Waals surface area contributed by atoms with Crippen molar-refractivity contribution in [2.45, 2.75) is 6.92 Å². The van der Waals surface area contributed by atoms with E-state index >= 15 is 0 Å². The zero-order valence-corrected chi connectivity index (χ0v) is 10.3. The van der Waals surface area contributed by atoms with Crippen LogP contribution < -0.4 is 5.73 Å². The van der Waals surface area contributed by atoms with E-state index in [-0.39, 0.29) is 0 Å². The molecule has 0 aliphatic rings. The zero-order chi connectivity index (χ0) is 11.0. The molecule has 1 heterocycles. The van der Waals surface area contributed by atoms with Crippen LogP contribution >= 0.6 is 27.5 Å². The second kappa shape index (κ2) is 3.87. The Kier molecular flexibility index (Phi) is 2.71. The van der Waals surface area contributed by atoms with Gasteiger partial charge in [-0.2, -0.15) is 0 Å². The fourth-order valence-electron chi connectivity index (χ4n) is 1.28. The Morgan fingerprint density at radius 2 is 2.20 bits per heavy atom. The number of hydrogen-bond acceptors (Lipinski definition) is 3. The average Bonchev–Trinajstić information content (AvgIpc) is 2.53. The first kappa shape index (κ1) is 10.5. The second-order valence-corrected chi connectivity index (χ2v) is 4.36. The predicted octanol–water partition coefficient (Wildman–Crippen LogP) is 3.65. The standard InChI is InChI=1S/C10H8BrClN2O/c1-5-9(15-14-10(5)13)6-3-2-4-7(11)8(6)12/h2-4H,1H3,(H2,13,14). The predicted molar refractivity (Wildman–Crippen MR) is 63.8 cm³/mol. The van der Waals surface area contributed by atoms with Gasteiger partial charge in [0.2, 0.25) is 0 Å². The minimum Gasteiger partial charge on any atom is -0.381 e. The summed E-state index contributed by atoms with van der Waals surface area (Å²) in [6, 6.07) is 5.60. The number of benzene rings is 1. The first-order valence-corrected chi connectivity index (χ1v) is 5.44. The molecule has 0 atom stereocenters. The molecule has 0 aliphatic carbocycles. The Morgan fingerprint density at radius 1 is 1.47 bits per heavy atom. The number of hydrogen-bond donors (Lipinski definition) is 1. The van der Waals surface area contributed by atoms with Crippen molar-refractivity contribution in [3.05, 3.63) is 33.3 Å². The molecule has 78 valence electrons. The van der Waals surface area contributed by atoms with E-state index in [1.807, 2.05) is 25.1 Å². The monoisotopic (exact) mass is 286 g/mol. The summed E-state index contributed by atoms with van der Waals surface area (Å²) in [4.78, 5) is 0. The lowest BCUT2D eigenvalue weighted by molar-refractivity contribution is 0.435. The molecule has 1 aromatic carbocycles. The molecule has 1 aromatic heterocycles. The van der Waals surface area contributed by atoms with E-state index in [9.17, 15) is 0 Å². The summed E-state index contributed by atoms with van der Waals surface area (Å²) in [6.45, 7) is 1.85. The van der Waals surface area contributed by atoms with E-state index in [4.69, 9.17) is 21.9 Å². The molecule has 5 heteroatoms. The third kappa shape index (κ3) is 1.75. The maximum atomic E-state index is 6.13. The first-order valence-electron chi connectivity index (χ1n) is 4.27. The van der Waals surface area contributed by atoms with Gasteiger partial charge >= 0.3 is 0 Å². The lowest BCUT2D eigenvalue weighted by Crippen LogP contribution is -1.87. The zero-order valence-electron chi connectivity index (χ0n) is 7.92. The van der Waals surface area contributed by atoms with Gasteiger partial charge in [-0.15, -0.1) is 0 Å². The second-order valence-electron chi connectivity index (χ2n) is 3.12. The van der Waals surface area contributed by atoms with Crippen molar-refractivity contribution in [3.63, 3.8) is 0 Å². The molecule has 0 radical (unpaired) electrons. The summed E-state index contributed by atoms with van der Waals surface area (Å²) in [5.41, 5.74) is 7.19. The molecule has 0 unspecified atom stereocenters. The largest absolute Gasteiger partial charge is 0.381 e. The smallest absolute Gasteiger partial charge is 0.173 e. The summed E-state index contributed by atoms with van der Waals surface area (Å²) < 4.78 is 5.95. The Balaban J connectivity index is 2.64. The van der Waals surface area contributed by atoms with E-state index < -0.39 is 0 Å². The highest BCUT2D eigenvalue weighted by molar-refractivity contribution is 9.10. The van der Waals surface area contributed by atoms with Gasteiger partial charge in [0.05, 0.1) is 5.02 Å². The minimum absolute atomic E-state index is 0.390. The SMILES string of the molecule is Cc1c(N)noc1-c1cccc(Br)c1Cl. The molecule has 2 aromatic rings. The van der Waals surface area contributed by atoms with Crippen LogP contribution in [-0.2, 0) is 0 Å². The Morgan fingerprint density at radius 3 is 2.80 bits per heavy atom. The fraction of sp³-hybridized carbons (Fsp3) is 0.100. The third-order valence-electron chi connectivity index (χ3n) is 2.16. The van der Waals surface area contributed by atoms with Crippen molar-refractivity contribution in [2.24, 2.45) is 0 Å². The average molecular weight is 288 g/mol. The molecular weight excluding hydrogens is 279 g/mol. The molecule has 2 rings (SSSR count). The van der Waals surface area contributed by atoms with Gasteiger partial charge in [0.15, 0.2) is 11.6 Å². The normalized spacial score (nSPS) is 10.6. The van der Waals surface area contributed by atoms with Crippen LogP contribution in [0.1, 0.15) is 5.56 Å². The van der Waals surface area contributed by atoms with Gasteiger partial charge in [-0.05, 0) is 35.0 Å². The Labute approximate surface area is 100 Å². The van der Waals surface area contributed by atoms with E-state index in [0.717, 1.165) is 15.6 Å². The molecule has 3 nitrogen and oxygen atoms in total. The Hall–Kier alpha value is -1.000. The highest BCUT2D eigenvalue weighted by Gasteiger charge is 2.15. The quantitative estimate of drug-likeness (QED) is 0.871. The lowest BCUT2D eigenvalue weighted by atomic mass is 10.1. The molecule has 0 spiro atoms. The van der Waals surface area contributed by atoms with Crippen LogP contribution in [0, 0.1) is 6.92 Å². The minimum atomic E-state index is 0.390. The molecule has 0 fully saturated rings. The molecule has 0 saturated heterocycles. The number of anilines is 1. The highest BCUT2D eigenvalue weighted by atomic mass is 79.9. The van der Waals surface area contributed by atoms with Crippen molar-refractivity contribution in [1.82, 2.24) is 5.16 Å². The molecule has 0 saturated carbocycles. The molecule has 2 N–H and O–H groups in total. The van der Waals surface area contributed by atoms with Gasteiger partial charge in [-0.1, -0.05) is 22.8 Å². The fourth-order valence-corrected chi connectivity index (χ4v) is 1.86. The van der Waals surface area contributed by atoms with Crippen LogP contribution in [-0.4, -0.2) is 5.16 Å². The molecule has 15 heavy (non-hydrogen) atoms. The number of aromatic nitrogens is 1. The van der Waals surface area contributed by atoms with E-state index in [1.54, 1.807) is 0 Å². The van der Waals surface area contributed by atoms with Crippen molar-refractivity contribution in [2.75, 3.05) is 5.73 Å². The topological polar surface area (TPSA) is 52.0 Å². The number of nitrogens with zero attached hydrogens (tertiary/aromatic N) is 1. The van der Waals surface area contributed by atoms with Gasteiger partial charge in [0.1, 0.15) is 0 Å². The summed E-state index contributed by atoms with van der Waals surface area (Å²) in [5.74, 6) is 1.000. The van der Waals surface area contributed by atoms with Crippen molar-refractivity contribution in [1.29, 1.82) is 0 Å². The number of nitrogens with two attached hydrogens (primary N) is 1. The number of nitrogen functional groups attached to an aromatic ring is 1. The van der Waals surface area contributed by atoms with Crippen LogP contribution in [0.2, 0.25) is 5.02 Å². The Bertz CT molecular complexity index is 510. The summed E-state index contributed by atoms with van der Waals surface area (Å²) in [5, 5.41) is 4.29. The van der Waals surface area contributed by atoms with Crippen LogP contribution in [0.25, 0.3) is 11.3 Å². The van der Waals surface area contributed by atoms with Crippen LogP contribution in [0.15, 0.2) is 27.2 Å². The van der Waals surface area contributed by atoms with Crippen LogP contribution in [0.5, 0.6) is 0 Å². The van der Waals surface area contributed by atoms with Gasteiger partial charge in [-0.3, -0.25) is 0 Å². The van der Waals surface area contributed by atoms with Gasteiger partial charge in [-0.25, -0.2) is 0 Å². The van der Waals surface area contributed by atoms with Gasteiger partial charge in [0.25, 0.3) is 0 Å². The maximum Gasteiger partial charge on any atom is 0.173 e. The van der Waals surface area contributed by atoms with Crippen LogP contribution in [0.4, 0.5) is 5.82 Å². The number of rotatable bonds is 1. The summed E-state index contributed by atoms with van der Waals surface area (Å²) in [6.07, 6.45) is 0. The summed E-state index contributed by atoms with van der Waals surface area (Å²) in [7, 11) is 0. The van der Waals surface area contributed by atoms with E-state index in [0.29, 0.717) is 16.6 Å². The van der Waals surface area contributed by atoms with Gasteiger partial charge in [0, 0.05) is 15.6 Å². The third-order valence-corrected chi connectivity index (χ3v) is 3.45. The molecule has 0 bridgehead atoms. The molecular formula is C10H8BrClN2O. The highest BCUT2D eigenvalue weighted by Crippen LogP contribution is 2.36. The molecule has 0 amide bonds. The number of halogens is 2. The summed E-state index contributed by atoms with van der Waals surface area (Å²) >= 11 is 9.48. The van der Waals surface area contributed by atoms with E-state index in [2.05, 4.69) is 21.1 Å². The van der Waals surface area contributed by atoms with E-state index in [1.165, 1.54) is 0 Å². The van der Waals surface area contributed by atoms with Crippen molar-refractivity contribution in [3.8, 4) is 11.3 Å². The lowest BCUT2D eigenvalue weighted by Gasteiger charge is -2.02. The van der Waals surface area contributed by atoms with Crippen molar-refractivity contribution >= 4 is 33.3 Å². The maximum absolute atomic E-state index is 6.13. The van der Waals surface area contributed by atoms with Gasteiger partial charge < -0.3 is 10.3 Å².